The van der Waals surface area contributed by atoms with E-state index in [2.05, 4.69) is 11.9 Å². The quantitative estimate of drug-likeness (QED) is 0.814. The van der Waals surface area contributed by atoms with E-state index in [0.29, 0.717) is 11.3 Å². The van der Waals surface area contributed by atoms with Crippen LogP contribution in [0.3, 0.4) is 0 Å². The smallest absolute Gasteiger partial charge is 0.265 e. The predicted octanol–water partition coefficient (Wildman–Crippen LogP) is 2.24. The van der Waals surface area contributed by atoms with Gasteiger partial charge in [-0.15, -0.1) is 0 Å². The second-order valence-corrected chi connectivity index (χ2v) is 6.65. The van der Waals surface area contributed by atoms with Crippen LogP contribution >= 0.6 is 0 Å². The molecule has 0 heterocycles. The summed E-state index contributed by atoms with van der Waals surface area (Å²) in [4.78, 5) is 23.3. The van der Waals surface area contributed by atoms with Crippen molar-refractivity contribution in [1.29, 1.82) is 0 Å². The maximum Gasteiger partial charge on any atom is 0.265 e. The van der Waals surface area contributed by atoms with Gasteiger partial charge in [0.15, 0.2) is 0 Å². The zero-order valence-electron chi connectivity index (χ0n) is 12.9. The van der Waals surface area contributed by atoms with Crippen LogP contribution in [0, 0.1) is 6.92 Å². The van der Waals surface area contributed by atoms with Crippen molar-refractivity contribution in [2.75, 3.05) is 5.32 Å². The Kier molecular flexibility index (Phi) is 5.15. The van der Waals surface area contributed by atoms with Gasteiger partial charge >= 0.3 is 0 Å². The lowest BCUT2D eigenvalue weighted by Gasteiger charge is -2.09. The van der Waals surface area contributed by atoms with Crippen molar-refractivity contribution in [2.45, 2.75) is 11.8 Å². The topological polar surface area (TPSA) is 92.3 Å². The van der Waals surface area contributed by atoms with Crippen molar-refractivity contribution in [3.8, 4) is 0 Å². The Hall–Kier alpha value is -2.93. The summed E-state index contributed by atoms with van der Waals surface area (Å²) in [6.07, 6.45) is 1.10. The van der Waals surface area contributed by atoms with Gasteiger partial charge in [0, 0.05) is 11.3 Å². The molecule has 0 saturated heterocycles. The zero-order valence-corrected chi connectivity index (χ0v) is 13.8. The molecule has 24 heavy (non-hydrogen) atoms. The molecule has 0 unspecified atom stereocenters. The number of hydrogen-bond acceptors (Lipinski definition) is 4. The average molecular weight is 344 g/mol. The van der Waals surface area contributed by atoms with Crippen LogP contribution in [0.15, 0.2) is 66.1 Å². The second kappa shape index (κ2) is 7.10. The van der Waals surface area contributed by atoms with Gasteiger partial charge in [0.05, 0.1) is 4.90 Å². The number of carbonyl (C=O) groups is 2. The largest absolute Gasteiger partial charge is 0.323 e. The van der Waals surface area contributed by atoms with E-state index in [-0.39, 0.29) is 10.5 Å². The maximum atomic E-state index is 12.3. The van der Waals surface area contributed by atoms with Gasteiger partial charge in [-0.2, -0.15) is 0 Å². The molecule has 0 fully saturated rings. The molecule has 0 aromatic heterocycles. The van der Waals surface area contributed by atoms with Gasteiger partial charge in [0.1, 0.15) is 0 Å². The van der Waals surface area contributed by atoms with E-state index in [1.165, 1.54) is 24.3 Å². The van der Waals surface area contributed by atoms with Crippen molar-refractivity contribution < 1.29 is 18.0 Å². The van der Waals surface area contributed by atoms with Gasteiger partial charge in [0.2, 0.25) is 5.91 Å². The first kappa shape index (κ1) is 17.4. The summed E-state index contributed by atoms with van der Waals surface area (Å²) < 4.78 is 26.6. The fraction of sp³-hybridized carbons (Fsp3) is 0.0588. The fourth-order valence-corrected chi connectivity index (χ4v) is 2.94. The third kappa shape index (κ3) is 4.08. The van der Waals surface area contributed by atoms with E-state index in [1.54, 1.807) is 31.2 Å². The number of carbonyl (C=O) groups excluding carboxylic acids is 2. The van der Waals surface area contributed by atoms with E-state index in [9.17, 15) is 18.0 Å². The molecule has 0 aliphatic carbocycles. The van der Waals surface area contributed by atoms with Crippen molar-refractivity contribution >= 4 is 27.5 Å². The minimum atomic E-state index is -4.01. The second-order valence-electron chi connectivity index (χ2n) is 4.97. The van der Waals surface area contributed by atoms with E-state index >= 15 is 0 Å². The molecule has 124 valence electrons. The molecule has 2 rings (SSSR count). The summed E-state index contributed by atoms with van der Waals surface area (Å²) in [7, 11) is -4.01. The number of benzene rings is 2. The van der Waals surface area contributed by atoms with Gasteiger partial charge in [-0.3, -0.25) is 9.59 Å². The summed E-state index contributed by atoms with van der Waals surface area (Å²) in [5.74, 6) is -1.10. The average Bonchev–Trinajstić information content (AvgIpc) is 2.55. The molecule has 0 aliphatic heterocycles. The Balaban J connectivity index is 2.18. The van der Waals surface area contributed by atoms with Gasteiger partial charge in [-0.25, -0.2) is 13.1 Å². The van der Waals surface area contributed by atoms with E-state index in [4.69, 9.17) is 0 Å². The lowest BCUT2D eigenvalue weighted by Crippen LogP contribution is -2.31. The number of hydrogen-bond donors (Lipinski definition) is 2. The van der Waals surface area contributed by atoms with Crippen LogP contribution in [0.5, 0.6) is 0 Å². The Morgan fingerprint density at radius 1 is 1.04 bits per heavy atom. The summed E-state index contributed by atoms with van der Waals surface area (Å²) in [5, 5.41) is 2.51. The van der Waals surface area contributed by atoms with E-state index in [0.717, 1.165) is 6.08 Å². The molecule has 2 N–H and O–H groups in total. The predicted molar refractivity (Wildman–Crippen MR) is 91.1 cm³/mol. The third-order valence-corrected chi connectivity index (χ3v) is 4.58. The molecular formula is C17H16N2O4S. The Labute approximate surface area is 140 Å². The van der Waals surface area contributed by atoms with Crippen LogP contribution in [-0.2, 0) is 14.8 Å². The molecule has 2 amide bonds. The summed E-state index contributed by atoms with van der Waals surface area (Å²) in [6.45, 7) is 5.05. The molecule has 0 bridgehead atoms. The highest BCUT2D eigenvalue weighted by Gasteiger charge is 2.19. The standard InChI is InChI=1S/C17H16N2O4S/c1-3-16(20)18-13-8-10-14(11-9-13)24(22,23)19-17(21)15-7-5-4-6-12(15)2/h3-11H,1H2,2H3,(H,18,20)(H,19,21). The highest BCUT2D eigenvalue weighted by Crippen LogP contribution is 2.15. The molecular weight excluding hydrogens is 328 g/mol. The highest BCUT2D eigenvalue weighted by atomic mass is 32.2. The zero-order chi connectivity index (χ0) is 17.7. The van der Waals surface area contributed by atoms with Crippen molar-refractivity contribution in [3.05, 3.63) is 72.3 Å². The van der Waals surface area contributed by atoms with Crippen molar-refractivity contribution in [3.63, 3.8) is 0 Å². The van der Waals surface area contributed by atoms with Gasteiger partial charge < -0.3 is 5.32 Å². The Morgan fingerprint density at radius 3 is 2.25 bits per heavy atom. The van der Waals surface area contributed by atoms with Crippen molar-refractivity contribution in [2.24, 2.45) is 0 Å². The molecule has 0 saturated carbocycles. The Bertz CT molecular complexity index is 887. The lowest BCUT2D eigenvalue weighted by atomic mass is 10.1. The number of rotatable bonds is 5. The number of anilines is 1. The number of aryl methyl sites for hydroxylation is 1. The van der Waals surface area contributed by atoms with Crippen LogP contribution < -0.4 is 10.0 Å². The van der Waals surface area contributed by atoms with E-state index < -0.39 is 21.8 Å². The normalized spacial score (nSPS) is 10.7. The first-order valence-electron chi connectivity index (χ1n) is 7.00. The molecule has 0 atom stereocenters. The van der Waals surface area contributed by atoms with Gasteiger partial charge in [-0.05, 0) is 48.9 Å². The summed E-state index contributed by atoms with van der Waals surface area (Å²) in [6, 6.07) is 12.1. The maximum absolute atomic E-state index is 12.3. The molecule has 2 aromatic rings. The number of sulfonamides is 1. The molecule has 0 spiro atoms. The van der Waals surface area contributed by atoms with Crippen LogP contribution in [0.1, 0.15) is 15.9 Å². The summed E-state index contributed by atoms with van der Waals surface area (Å²) in [5.41, 5.74) is 1.38. The van der Waals surface area contributed by atoms with Gasteiger partial charge in [0.25, 0.3) is 15.9 Å². The summed E-state index contributed by atoms with van der Waals surface area (Å²) >= 11 is 0. The molecule has 7 heteroatoms. The SMILES string of the molecule is C=CC(=O)Nc1ccc(S(=O)(=O)NC(=O)c2ccccc2C)cc1. The monoisotopic (exact) mass is 344 g/mol. The van der Waals surface area contributed by atoms with Crippen molar-refractivity contribution in [1.82, 2.24) is 4.72 Å². The van der Waals surface area contributed by atoms with Crippen LogP contribution in [0.25, 0.3) is 0 Å². The first-order chi connectivity index (χ1) is 11.3. The van der Waals surface area contributed by atoms with Crippen LogP contribution in [0.2, 0.25) is 0 Å². The molecule has 2 aromatic carbocycles. The minimum absolute atomic E-state index is 0.0824. The third-order valence-electron chi connectivity index (χ3n) is 3.23. The minimum Gasteiger partial charge on any atom is -0.323 e. The number of amides is 2. The first-order valence-corrected chi connectivity index (χ1v) is 8.48. The fourth-order valence-electron chi connectivity index (χ4n) is 1.97. The van der Waals surface area contributed by atoms with Crippen LogP contribution in [-0.4, -0.2) is 20.2 Å². The highest BCUT2D eigenvalue weighted by molar-refractivity contribution is 7.90. The van der Waals surface area contributed by atoms with Crippen LogP contribution in [0.4, 0.5) is 5.69 Å². The molecule has 6 nitrogen and oxygen atoms in total. The number of nitrogens with one attached hydrogen (secondary N) is 2. The van der Waals surface area contributed by atoms with Gasteiger partial charge in [-0.1, -0.05) is 24.8 Å². The Morgan fingerprint density at radius 2 is 1.67 bits per heavy atom. The molecule has 0 aliphatic rings. The lowest BCUT2D eigenvalue weighted by molar-refractivity contribution is -0.111. The van der Waals surface area contributed by atoms with E-state index in [1.807, 2.05) is 4.72 Å². The molecule has 0 radical (unpaired) electrons.